The predicted octanol–water partition coefficient (Wildman–Crippen LogP) is 3.81. The van der Waals surface area contributed by atoms with E-state index in [4.69, 9.17) is 4.74 Å². The van der Waals surface area contributed by atoms with Gasteiger partial charge in [0, 0.05) is 49.0 Å². The number of piperazine rings is 1. The number of fused-ring (bicyclic) bond motifs is 3. The molecule has 1 saturated heterocycles. The molecule has 0 saturated carbocycles. The zero-order chi connectivity index (χ0) is 24.6. The zero-order valence-corrected chi connectivity index (χ0v) is 21.6. The monoisotopic (exact) mass is 531 g/mol. The van der Waals surface area contributed by atoms with Gasteiger partial charge in [-0.05, 0) is 52.3 Å². The fraction of sp³-hybridized carbons (Fsp3) is 0.500. The summed E-state index contributed by atoms with van der Waals surface area (Å²) in [5, 5.41) is 8.71. The lowest BCUT2D eigenvalue weighted by molar-refractivity contribution is -0.133. The van der Waals surface area contributed by atoms with E-state index in [9.17, 15) is 14.4 Å². The van der Waals surface area contributed by atoms with E-state index in [1.54, 1.807) is 14.4 Å². The molecule has 3 heterocycles. The van der Waals surface area contributed by atoms with Crippen LogP contribution in [-0.4, -0.2) is 68.3 Å². The van der Waals surface area contributed by atoms with Crippen LogP contribution in [0.15, 0.2) is 27.5 Å². The van der Waals surface area contributed by atoms with Crippen molar-refractivity contribution in [2.75, 3.05) is 26.2 Å². The molecule has 0 atom stereocenters. The Morgan fingerprint density at radius 3 is 2.50 bits per heavy atom. The molecule has 1 aliphatic heterocycles. The highest BCUT2D eigenvalue weighted by Gasteiger charge is 2.27. The van der Waals surface area contributed by atoms with Crippen LogP contribution in [0.3, 0.4) is 0 Å². The average molecular weight is 532 g/mol. The summed E-state index contributed by atoms with van der Waals surface area (Å²) < 4.78 is 8.07. The first-order chi connectivity index (χ1) is 16.0. The first-order valence-electron chi connectivity index (χ1n) is 11.5. The van der Waals surface area contributed by atoms with Crippen LogP contribution in [0.4, 0.5) is 4.79 Å². The lowest BCUT2D eigenvalue weighted by Crippen LogP contribution is -2.51. The number of carbonyl (C=O) groups excluding carboxylic acids is 2. The van der Waals surface area contributed by atoms with E-state index in [2.05, 4.69) is 26.1 Å². The summed E-state index contributed by atoms with van der Waals surface area (Å²) in [6, 6.07) is 5.79. The molecule has 0 unspecified atom stereocenters. The number of H-pyrrole nitrogens is 1. The molecule has 10 heteroatoms. The smallest absolute Gasteiger partial charge is 0.410 e. The Hall–Kier alpha value is -2.88. The molecule has 0 radical (unpaired) electrons. The standard InChI is InChI=1S/C24H30BrN5O4/c1-15-20-21(27-26-15)17-14-16(25)7-8-18(17)30(22(20)32)9-5-6-19(31)28-10-12-29(13-11-28)23(33)34-24(2,3)4/h7-8,14H,5-6,9-13H2,1-4H3,(H,26,27). The Balaban J connectivity index is 1.41. The SMILES string of the molecule is Cc1n[nH]c2c1c(=O)n(CCCC(=O)N1CCN(C(=O)OC(C)(C)C)CC1)c1ccc(Br)cc21. The van der Waals surface area contributed by atoms with Crippen molar-refractivity contribution in [3.63, 3.8) is 0 Å². The predicted molar refractivity (Wildman–Crippen MR) is 134 cm³/mol. The van der Waals surface area contributed by atoms with Gasteiger partial charge in [-0.2, -0.15) is 5.10 Å². The number of amides is 2. The molecule has 1 aromatic carbocycles. The highest BCUT2D eigenvalue weighted by Crippen LogP contribution is 2.26. The molecule has 34 heavy (non-hydrogen) atoms. The van der Waals surface area contributed by atoms with E-state index in [0.29, 0.717) is 56.6 Å². The molecule has 1 N–H and O–H groups in total. The molecular formula is C24H30BrN5O4. The fourth-order valence-electron chi connectivity index (χ4n) is 4.31. The van der Waals surface area contributed by atoms with Gasteiger partial charge in [0.25, 0.3) is 5.56 Å². The number of aromatic nitrogens is 3. The Morgan fingerprint density at radius 2 is 1.82 bits per heavy atom. The number of aromatic amines is 1. The number of ether oxygens (including phenoxy) is 1. The molecule has 4 rings (SSSR count). The maximum atomic E-state index is 13.2. The minimum atomic E-state index is -0.541. The summed E-state index contributed by atoms with van der Waals surface area (Å²) in [6.07, 6.45) is 0.528. The second-order valence-electron chi connectivity index (χ2n) is 9.63. The van der Waals surface area contributed by atoms with Crippen molar-refractivity contribution in [3.8, 4) is 0 Å². The molecule has 2 aromatic heterocycles. The van der Waals surface area contributed by atoms with Crippen LogP contribution in [0, 0.1) is 6.92 Å². The van der Waals surface area contributed by atoms with E-state index in [1.807, 2.05) is 45.9 Å². The number of aryl methyl sites for hydroxylation is 2. The minimum absolute atomic E-state index is 0.0320. The summed E-state index contributed by atoms with van der Waals surface area (Å²) in [5.41, 5.74) is 1.56. The number of halogens is 1. The van der Waals surface area contributed by atoms with Crippen molar-refractivity contribution in [1.82, 2.24) is 24.6 Å². The molecule has 182 valence electrons. The van der Waals surface area contributed by atoms with Crippen molar-refractivity contribution in [2.45, 2.75) is 52.7 Å². The second kappa shape index (κ2) is 9.40. The first kappa shape index (κ1) is 24.3. The summed E-state index contributed by atoms with van der Waals surface area (Å²) in [6.45, 7) is 9.63. The van der Waals surface area contributed by atoms with Crippen LogP contribution < -0.4 is 5.56 Å². The van der Waals surface area contributed by atoms with Gasteiger partial charge < -0.3 is 19.1 Å². The second-order valence-corrected chi connectivity index (χ2v) is 10.5. The quantitative estimate of drug-likeness (QED) is 0.551. The van der Waals surface area contributed by atoms with Crippen molar-refractivity contribution in [3.05, 3.63) is 38.7 Å². The third-order valence-corrected chi connectivity index (χ3v) is 6.47. The van der Waals surface area contributed by atoms with Gasteiger partial charge in [0.05, 0.1) is 22.1 Å². The van der Waals surface area contributed by atoms with Gasteiger partial charge >= 0.3 is 6.09 Å². The largest absolute Gasteiger partial charge is 0.444 e. The number of pyridine rings is 1. The highest BCUT2D eigenvalue weighted by molar-refractivity contribution is 9.10. The van der Waals surface area contributed by atoms with Crippen LogP contribution in [0.1, 0.15) is 39.3 Å². The average Bonchev–Trinajstić information content (AvgIpc) is 3.17. The Bertz CT molecular complexity index is 1300. The minimum Gasteiger partial charge on any atom is -0.444 e. The number of carbonyl (C=O) groups is 2. The van der Waals surface area contributed by atoms with Gasteiger partial charge in [-0.25, -0.2) is 4.79 Å². The summed E-state index contributed by atoms with van der Waals surface area (Å²) in [7, 11) is 0. The Kier molecular flexibility index (Phi) is 6.71. The van der Waals surface area contributed by atoms with E-state index in [0.717, 1.165) is 20.9 Å². The molecule has 9 nitrogen and oxygen atoms in total. The Labute approximate surface area is 206 Å². The molecule has 1 fully saturated rings. The van der Waals surface area contributed by atoms with E-state index in [1.165, 1.54) is 0 Å². The summed E-state index contributed by atoms with van der Waals surface area (Å²) in [5.74, 6) is 0.0320. The van der Waals surface area contributed by atoms with E-state index >= 15 is 0 Å². The molecule has 3 aromatic rings. The van der Waals surface area contributed by atoms with Crippen LogP contribution in [0.2, 0.25) is 0 Å². The molecular weight excluding hydrogens is 502 g/mol. The zero-order valence-electron chi connectivity index (χ0n) is 20.0. The molecule has 0 aliphatic carbocycles. The van der Waals surface area contributed by atoms with E-state index in [-0.39, 0.29) is 17.6 Å². The maximum absolute atomic E-state index is 13.2. The van der Waals surface area contributed by atoms with Crippen molar-refractivity contribution >= 4 is 49.7 Å². The lowest BCUT2D eigenvalue weighted by atomic mass is 10.1. The van der Waals surface area contributed by atoms with Crippen molar-refractivity contribution in [1.29, 1.82) is 0 Å². The van der Waals surface area contributed by atoms with Crippen LogP contribution in [-0.2, 0) is 16.1 Å². The fourth-order valence-corrected chi connectivity index (χ4v) is 4.67. The van der Waals surface area contributed by atoms with Gasteiger partial charge in [-0.15, -0.1) is 0 Å². The Morgan fingerprint density at radius 1 is 1.15 bits per heavy atom. The van der Waals surface area contributed by atoms with Gasteiger partial charge in [0.1, 0.15) is 5.60 Å². The third-order valence-electron chi connectivity index (χ3n) is 5.98. The van der Waals surface area contributed by atoms with Crippen LogP contribution >= 0.6 is 15.9 Å². The normalized spacial score (nSPS) is 14.7. The van der Waals surface area contributed by atoms with Crippen LogP contribution in [0.25, 0.3) is 21.8 Å². The van der Waals surface area contributed by atoms with Gasteiger partial charge in [0.15, 0.2) is 0 Å². The van der Waals surface area contributed by atoms with Gasteiger partial charge in [-0.1, -0.05) is 15.9 Å². The van der Waals surface area contributed by atoms with Crippen LogP contribution in [0.5, 0.6) is 0 Å². The summed E-state index contributed by atoms with van der Waals surface area (Å²) >= 11 is 3.51. The number of hydrogen-bond acceptors (Lipinski definition) is 5. The molecule has 0 bridgehead atoms. The summed E-state index contributed by atoms with van der Waals surface area (Å²) in [4.78, 5) is 41.7. The third kappa shape index (κ3) is 4.96. The highest BCUT2D eigenvalue weighted by atomic mass is 79.9. The van der Waals surface area contributed by atoms with Crippen molar-refractivity contribution in [2.24, 2.45) is 0 Å². The molecule has 2 amide bonds. The number of rotatable bonds is 4. The molecule has 0 spiro atoms. The number of benzene rings is 1. The number of hydrogen-bond donors (Lipinski definition) is 1. The van der Waals surface area contributed by atoms with E-state index < -0.39 is 5.60 Å². The number of nitrogens with zero attached hydrogens (tertiary/aromatic N) is 4. The van der Waals surface area contributed by atoms with Gasteiger partial charge in [-0.3, -0.25) is 14.7 Å². The molecule has 1 aliphatic rings. The topological polar surface area (TPSA) is 101 Å². The number of nitrogens with one attached hydrogen (secondary N) is 1. The lowest BCUT2D eigenvalue weighted by Gasteiger charge is -2.35. The maximum Gasteiger partial charge on any atom is 0.410 e. The van der Waals surface area contributed by atoms with Crippen molar-refractivity contribution < 1.29 is 14.3 Å². The van der Waals surface area contributed by atoms with Gasteiger partial charge in [0.2, 0.25) is 5.91 Å². The first-order valence-corrected chi connectivity index (χ1v) is 12.3.